The van der Waals surface area contributed by atoms with Gasteiger partial charge in [-0.3, -0.25) is 14.6 Å². The van der Waals surface area contributed by atoms with Gasteiger partial charge in [-0.05, 0) is 25.1 Å². The normalized spacial score (nSPS) is 15.1. The summed E-state index contributed by atoms with van der Waals surface area (Å²) in [6, 6.07) is 3.20. The first-order valence-corrected chi connectivity index (χ1v) is 12.7. The van der Waals surface area contributed by atoms with E-state index in [0.29, 0.717) is 17.1 Å². The highest BCUT2D eigenvalue weighted by molar-refractivity contribution is 7.16. The molecule has 1 aliphatic rings. The van der Waals surface area contributed by atoms with Crippen molar-refractivity contribution < 1.29 is 18.7 Å². The molecule has 0 N–H and O–H groups in total. The van der Waals surface area contributed by atoms with Gasteiger partial charge < -0.3 is 14.5 Å². The molecule has 4 aromatic rings. The lowest BCUT2D eigenvalue weighted by Gasteiger charge is -2.34. The third-order valence-corrected chi connectivity index (χ3v) is 7.08. The number of carbonyl (C=O) groups excluding carboxylic acids is 2. The van der Waals surface area contributed by atoms with Crippen LogP contribution in [0.15, 0.2) is 24.4 Å². The summed E-state index contributed by atoms with van der Waals surface area (Å²) in [5, 5.41) is 5.37. The molecule has 192 valence electrons. The predicted octanol–water partition coefficient (Wildman–Crippen LogP) is 3.59. The van der Waals surface area contributed by atoms with E-state index in [1.807, 2.05) is 6.92 Å². The second kappa shape index (κ2) is 9.84. The minimum Gasteiger partial charge on any atom is -0.481 e. The maximum atomic E-state index is 15.1. The van der Waals surface area contributed by atoms with Crippen LogP contribution < -0.4 is 4.74 Å². The van der Waals surface area contributed by atoms with Crippen LogP contribution in [0, 0.1) is 12.7 Å². The van der Waals surface area contributed by atoms with Gasteiger partial charge in [-0.25, -0.2) is 18.9 Å². The van der Waals surface area contributed by atoms with E-state index in [2.05, 4.69) is 20.1 Å². The standard InChI is InChI=1S/C23H20Cl2FN7O3S/c1-11-30-33-19-14(29-23(33)37-11)6-7-32(20(19)18-13(26)8-12(24)9-27-18)17(34)10-36-16-5-4-15(28-21(16)25)22(35)31(2)3/h4-5,8-9,20H,6-7,10H2,1-3H3. The molecule has 37 heavy (non-hydrogen) atoms. The van der Waals surface area contributed by atoms with Gasteiger partial charge in [-0.15, -0.1) is 0 Å². The molecule has 0 saturated carbocycles. The van der Waals surface area contributed by atoms with Crippen LogP contribution in [-0.2, 0) is 11.2 Å². The van der Waals surface area contributed by atoms with Crippen molar-refractivity contribution in [2.45, 2.75) is 19.4 Å². The molecule has 0 aliphatic carbocycles. The maximum absolute atomic E-state index is 15.1. The van der Waals surface area contributed by atoms with Gasteiger partial charge in [0.15, 0.2) is 17.5 Å². The number of ether oxygens (including phenoxy) is 1. The Morgan fingerprint density at radius 3 is 2.76 bits per heavy atom. The Kier molecular flexibility index (Phi) is 6.73. The Morgan fingerprint density at radius 2 is 2.05 bits per heavy atom. The Labute approximate surface area is 224 Å². The van der Waals surface area contributed by atoms with Crippen molar-refractivity contribution in [2.75, 3.05) is 27.2 Å². The van der Waals surface area contributed by atoms with E-state index in [1.54, 1.807) is 18.6 Å². The molecule has 1 unspecified atom stereocenters. The van der Waals surface area contributed by atoms with Gasteiger partial charge in [0.05, 0.1) is 16.4 Å². The largest absolute Gasteiger partial charge is 0.481 e. The summed E-state index contributed by atoms with van der Waals surface area (Å²) in [6.07, 6.45) is 1.78. The molecule has 0 bridgehead atoms. The Hall–Kier alpha value is -3.35. The van der Waals surface area contributed by atoms with Crippen LogP contribution in [0.3, 0.4) is 0 Å². The van der Waals surface area contributed by atoms with E-state index in [1.165, 1.54) is 39.5 Å². The molecule has 10 nitrogen and oxygen atoms in total. The fourth-order valence-corrected chi connectivity index (χ4v) is 5.26. The number of hydrogen-bond donors (Lipinski definition) is 0. The minimum absolute atomic E-state index is 0.0254. The van der Waals surface area contributed by atoms with E-state index in [0.717, 1.165) is 16.8 Å². The number of carbonyl (C=O) groups is 2. The molecule has 0 radical (unpaired) electrons. The van der Waals surface area contributed by atoms with Gasteiger partial charge in [0.25, 0.3) is 11.8 Å². The smallest absolute Gasteiger partial charge is 0.271 e. The van der Waals surface area contributed by atoms with Crippen LogP contribution in [0.25, 0.3) is 4.96 Å². The number of aryl methyl sites for hydroxylation is 1. The summed E-state index contributed by atoms with van der Waals surface area (Å²) >= 11 is 13.5. The molecule has 1 aliphatic heterocycles. The zero-order chi connectivity index (χ0) is 26.4. The molecule has 0 aromatic carbocycles. The zero-order valence-corrected chi connectivity index (χ0v) is 22.2. The zero-order valence-electron chi connectivity index (χ0n) is 19.9. The topological polar surface area (TPSA) is 106 Å². The number of aromatic nitrogens is 5. The highest BCUT2D eigenvalue weighted by Gasteiger charge is 2.39. The fourth-order valence-electron chi connectivity index (χ4n) is 4.13. The predicted molar refractivity (Wildman–Crippen MR) is 135 cm³/mol. The lowest BCUT2D eigenvalue weighted by atomic mass is 9.98. The lowest BCUT2D eigenvalue weighted by molar-refractivity contribution is -0.135. The summed E-state index contributed by atoms with van der Waals surface area (Å²) in [5.41, 5.74) is 1.46. The molecule has 5 heterocycles. The summed E-state index contributed by atoms with van der Waals surface area (Å²) in [7, 11) is 3.20. The Morgan fingerprint density at radius 1 is 1.27 bits per heavy atom. The lowest BCUT2D eigenvalue weighted by Crippen LogP contribution is -2.44. The molecule has 0 fully saturated rings. The molecule has 2 amide bonds. The summed E-state index contributed by atoms with van der Waals surface area (Å²) in [5.74, 6) is -1.27. The monoisotopic (exact) mass is 563 g/mol. The number of imidazole rings is 1. The SMILES string of the molecule is Cc1nn2c3c(nc2s1)CCN(C(=O)COc1ccc(C(=O)N(C)C)nc1Cl)C3c1ncc(Cl)cc1F. The van der Waals surface area contributed by atoms with Crippen LogP contribution in [0.1, 0.15) is 38.6 Å². The van der Waals surface area contributed by atoms with Crippen LogP contribution in [0.2, 0.25) is 10.2 Å². The van der Waals surface area contributed by atoms with Crippen molar-refractivity contribution >= 4 is 51.3 Å². The summed E-state index contributed by atoms with van der Waals surface area (Å²) in [6.45, 7) is 1.70. The fraction of sp³-hybridized carbons (Fsp3) is 0.304. The third-order valence-electron chi connectivity index (χ3n) is 5.78. The van der Waals surface area contributed by atoms with Crippen LogP contribution in [-0.4, -0.2) is 73.4 Å². The highest BCUT2D eigenvalue weighted by Crippen LogP contribution is 2.37. The molecule has 0 spiro atoms. The first kappa shape index (κ1) is 25.3. The second-order valence-corrected chi connectivity index (χ2v) is 10.4. The van der Waals surface area contributed by atoms with Gasteiger partial charge in [0.2, 0.25) is 4.96 Å². The minimum atomic E-state index is -0.901. The molecule has 1 atom stereocenters. The number of halogens is 3. The maximum Gasteiger partial charge on any atom is 0.271 e. The van der Waals surface area contributed by atoms with Crippen molar-refractivity contribution in [3.05, 3.63) is 68.2 Å². The molecule has 14 heteroatoms. The first-order valence-electron chi connectivity index (χ1n) is 11.1. The van der Waals surface area contributed by atoms with Crippen LogP contribution in [0.4, 0.5) is 4.39 Å². The van der Waals surface area contributed by atoms with Gasteiger partial charge in [-0.1, -0.05) is 34.5 Å². The number of fused-ring (bicyclic) bond motifs is 3. The average molecular weight is 564 g/mol. The quantitative estimate of drug-likeness (QED) is 0.341. The van der Waals surface area contributed by atoms with E-state index in [-0.39, 0.29) is 39.8 Å². The number of amides is 2. The van der Waals surface area contributed by atoms with Crippen LogP contribution in [0.5, 0.6) is 5.75 Å². The Bertz CT molecular complexity index is 1540. The van der Waals surface area contributed by atoms with E-state index < -0.39 is 24.4 Å². The van der Waals surface area contributed by atoms with Gasteiger partial charge in [0, 0.05) is 33.3 Å². The molecule has 0 saturated heterocycles. The van der Waals surface area contributed by atoms with Crippen molar-refractivity contribution in [2.24, 2.45) is 0 Å². The van der Waals surface area contributed by atoms with Crippen molar-refractivity contribution in [3.63, 3.8) is 0 Å². The van der Waals surface area contributed by atoms with Crippen molar-refractivity contribution in [1.29, 1.82) is 0 Å². The molecular weight excluding hydrogens is 544 g/mol. The van der Waals surface area contributed by atoms with Crippen molar-refractivity contribution in [1.82, 2.24) is 34.4 Å². The number of pyridine rings is 2. The van der Waals surface area contributed by atoms with E-state index >= 15 is 4.39 Å². The number of nitrogens with zero attached hydrogens (tertiary/aromatic N) is 7. The second-order valence-electron chi connectivity index (χ2n) is 8.49. The molecular formula is C23H20Cl2FN7O3S. The van der Waals surface area contributed by atoms with Gasteiger partial charge >= 0.3 is 0 Å². The first-order chi connectivity index (χ1) is 17.6. The van der Waals surface area contributed by atoms with Crippen LogP contribution >= 0.6 is 34.5 Å². The Balaban J connectivity index is 1.46. The number of rotatable bonds is 5. The highest BCUT2D eigenvalue weighted by atomic mass is 35.5. The van der Waals surface area contributed by atoms with E-state index in [4.69, 9.17) is 27.9 Å². The van der Waals surface area contributed by atoms with E-state index in [9.17, 15) is 9.59 Å². The molecule has 4 aromatic heterocycles. The van der Waals surface area contributed by atoms with Crippen molar-refractivity contribution in [3.8, 4) is 5.75 Å². The van der Waals surface area contributed by atoms with Gasteiger partial charge in [-0.2, -0.15) is 5.10 Å². The number of hydrogen-bond acceptors (Lipinski definition) is 8. The van der Waals surface area contributed by atoms with Gasteiger partial charge in [0.1, 0.15) is 28.3 Å². The third kappa shape index (κ3) is 4.72. The summed E-state index contributed by atoms with van der Waals surface area (Å²) in [4.78, 5) is 42.0. The summed E-state index contributed by atoms with van der Waals surface area (Å²) < 4.78 is 22.4. The average Bonchev–Trinajstić information content (AvgIpc) is 3.37. The molecule has 5 rings (SSSR count).